The van der Waals surface area contributed by atoms with Crippen molar-refractivity contribution in [3.05, 3.63) is 0 Å². The summed E-state index contributed by atoms with van der Waals surface area (Å²) in [7, 11) is 2.06. The van der Waals surface area contributed by atoms with Crippen LogP contribution in [-0.4, -0.2) is 74.2 Å². The average molecular weight is 283 g/mol. The monoisotopic (exact) mass is 283 g/mol. The number of amides is 1. The Morgan fingerprint density at radius 2 is 2.15 bits per heavy atom. The van der Waals surface area contributed by atoms with Gasteiger partial charge in [-0.25, -0.2) is 0 Å². The van der Waals surface area contributed by atoms with Crippen molar-refractivity contribution in [3.63, 3.8) is 0 Å². The number of morpholine rings is 1. The molecule has 20 heavy (non-hydrogen) atoms. The summed E-state index contributed by atoms with van der Waals surface area (Å²) < 4.78 is 5.30. The van der Waals surface area contributed by atoms with Gasteiger partial charge in [0.25, 0.3) is 0 Å². The second kappa shape index (κ2) is 7.96. The zero-order chi connectivity index (χ0) is 14.4. The van der Waals surface area contributed by atoms with Gasteiger partial charge in [-0.1, -0.05) is 6.42 Å². The maximum Gasteiger partial charge on any atom is 0.239 e. The zero-order valence-electron chi connectivity index (χ0n) is 12.9. The number of piperidine rings is 1. The first kappa shape index (κ1) is 15.7. The smallest absolute Gasteiger partial charge is 0.239 e. The van der Waals surface area contributed by atoms with E-state index in [0.29, 0.717) is 19.3 Å². The number of hydrogen-bond donors (Lipinski definition) is 1. The van der Waals surface area contributed by atoms with Gasteiger partial charge in [-0.05, 0) is 39.8 Å². The van der Waals surface area contributed by atoms with Crippen LogP contribution in [-0.2, 0) is 9.53 Å². The van der Waals surface area contributed by atoms with Gasteiger partial charge in [0, 0.05) is 25.7 Å². The van der Waals surface area contributed by atoms with E-state index in [1.54, 1.807) is 0 Å². The Kier molecular flexibility index (Phi) is 6.26. The van der Waals surface area contributed by atoms with E-state index in [1.807, 2.05) is 11.8 Å². The second-order valence-corrected chi connectivity index (χ2v) is 6.03. The lowest BCUT2D eigenvalue weighted by atomic mass is 10.0. The fourth-order valence-corrected chi connectivity index (χ4v) is 2.96. The molecule has 1 N–H and O–H groups in total. The highest BCUT2D eigenvalue weighted by atomic mass is 16.5. The van der Waals surface area contributed by atoms with Crippen LogP contribution in [0.2, 0.25) is 0 Å². The van der Waals surface area contributed by atoms with Gasteiger partial charge in [-0.2, -0.15) is 0 Å². The molecule has 2 rings (SSSR count). The van der Waals surface area contributed by atoms with Crippen LogP contribution >= 0.6 is 0 Å². The molecule has 5 heteroatoms. The van der Waals surface area contributed by atoms with Gasteiger partial charge in [-0.3, -0.25) is 9.69 Å². The summed E-state index contributed by atoms with van der Waals surface area (Å²) in [6.45, 7) is 6.97. The number of hydrogen-bond acceptors (Lipinski definition) is 4. The van der Waals surface area contributed by atoms with Crippen molar-refractivity contribution >= 4 is 5.91 Å². The fraction of sp³-hybridized carbons (Fsp3) is 0.933. The van der Waals surface area contributed by atoms with Gasteiger partial charge in [0.2, 0.25) is 5.91 Å². The topological polar surface area (TPSA) is 44.8 Å². The third-order valence-electron chi connectivity index (χ3n) is 4.58. The summed E-state index contributed by atoms with van der Waals surface area (Å²) in [5, 5.41) is 3.57. The molecular weight excluding hydrogens is 254 g/mol. The minimum atomic E-state index is -0.0308. The van der Waals surface area contributed by atoms with E-state index in [1.165, 1.54) is 19.3 Å². The van der Waals surface area contributed by atoms with E-state index in [2.05, 4.69) is 17.3 Å². The van der Waals surface area contributed by atoms with Crippen molar-refractivity contribution in [2.24, 2.45) is 0 Å². The average Bonchev–Trinajstić information content (AvgIpc) is 2.53. The summed E-state index contributed by atoms with van der Waals surface area (Å²) in [5.41, 5.74) is 0. The number of nitrogens with one attached hydrogen (secondary N) is 1. The molecule has 2 fully saturated rings. The highest BCUT2D eigenvalue weighted by molar-refractivity contribution is 5.81. The standard InChI is InChI=1S/C15H29N3O2/c1-13(15(19)18-9-11-20-12-10-18)17(2)8-6-14-5-3-4-7-16-14/h13-14,16H,3-12H2,1-2H3. The van der Waals surface area contributed by atoms with E-state index in [4.69, 9.17) is 4.74 Å². The van der Waals surface area contributed by atoms with Crippen LogP contribution in [0.3, 0.4) is 0 Å². The van der Waals surface area contributed by atoms with Gasteiger partial charge in [0.15, 0.2) is 0 Å². The molecule has 2 atom stereocenters. The van der Waals surface area contributed by atoms with E-state index < -0.39 is 0 Å². The van der Waals surface area contributed by atoms with Gasteiger partial charge in [0.05, 0.1) is 19.3 Å². The van der Waals surface area contributed by atoms with Crippen LogP contribution in [0.1, 0.15) is 32.6 Å². The van der Waals surface area contributed by atoms with Crippen LogP contribution in [0, 0.1) is 0 Å². The second-order valence-electron chi connectivity index (χ2n) is 6.03. The molecule has 0 saturated carbocycles. The van der Waals surface area contributed by atoms with E-state index in [0.717, 1.165) is 32.6 Å². The summed E-state index contributed by atoms with van der Waals surface area (Å²) in [6.07, 6.45) is 5.05. The Morgan fingerprint density at radius 3 is 2.80 bits per heavy atom. The molecule has 0 radical (unpaired) electrons. The van der Waals surface area contributed by atoms with Crippen molar-refractivity contribution in [1.29, 1.82) is 0 Å². The molecule has 2 unspecified atom stereocenters. The largest absolute Gasteiger partial charge is 0.378 e. The first-order valence-corrected chi connectivity index (χ1v) is 7.98. The lowest BCUT2D eigenvalue weighted by Gasteiger charge is -2.33. The predicted octanol–water partition coefficient (Wildman–Crippen LogP) is 0.698. The third kappa shape index (κ3) is 4.43. The minimum absolute atomic E-state index is 0.0308. The summed E-state index contributed by atoms with van der Waals surface area (Å²) in [6, 6.07) is 0.605. The Morgan fingerprint density at radius 1 is 1.40 bits per heavy atom. The Balaban J connectivity index is 1.72. The van der Waals surface area contributed by atoms with E-state index >= 15 is 0 Å². The molecule has 0 aromatic rings. The summed E-state index contributed by atoms with van der Waals surface area (Å²) in [5.74, 6) is 0.243. The first-order valence-electron chi connectivity index (χ1n) is 7.98. The zero-order valence-corrected chi connectivity index (χ0v) is 12.9. The lowest BCUT2D eigenvalue weighted by Crippen LogP contribution is -2.50. The van der Waals surface area contributed by atoms with E-state index in [9.17, 15) is 4.79 Å². The minimum Gasteiger partial charge on any atom is -0.378 e. The van der Waals surface area contributed by atoms with Crippen molar-refractivity contribution < 1.29 is 9.53 Å². The molecule has 5 nitrogen and oxygen atoms in total. The molecule has 0 spiro atoms. The molecule has 0 aromatic heterocycles. The highest BCUT2D eigenvalue weighted by Crippen LogP contribution is 2.12. The van der Waals surface area contributed by atoms with Crippen molar-refractivity contribution in [2.45, 2.75) is 44.7 Å². The molecular formula is C15H29N3O2. The molecule has 2 heterocycles. The number of likely N-dealkylation sites (N-methyl/N-ethyl adjacent to an activating group) is 1. The van der Waals surface area contributed by atoms with Crippen molar-refractivity contribution in [2.75, 3.05) is 46.4 Å². The quantitative estimate of drug-likeness (QED) is 0.807. The fourth-order valence-electron chi connectivity index (χ4n) is 2.96. The van der Waals surface area contributed by atoms with Crippen LogP contribution in [0.5, 0.6) is 0 Å². The maximum absolute atomic E-state index is 12.4. The molecule has 0 bridgehead atoms. The van der Waals surface area contributed by atoms with Crippen molar-refractivity contribution in [1.82, 2.24) is 15.1 Å². The molecule has 0 aromatic carbocycles. The molecule has 2 aliphatic rings. The molecule has 2 aliphatic heterocycles. The molecule has 2 saturated heterocycles. The van der Waals surface area contributed by atoms with Crippen LogP contribution in [0.4, 0.5) is 0 Å². The normalized spacial score (nSPS) is 25.8. The number of rotatable bonds is 5. The number of carbonyl (C=O) groups excluding carboxylic acids is 1. The van der Waals surface area contributed by atoms with Crippen LogP contribution < -0.4 is 5.32 Å². The van der Waals surface area contributed by atoms with Gasteiger partial charge >= 0.3 is 0 Å². The number of carbonyl (C=O) groups is 1. The maximum atomic E-state index is 12.4. The molecule has 116 valence electrons. The highest BCUT2D eigenvalue weighted by Gasteiger charge is 2.25. The lowest BCUT2D eigenvalue weighted by molar-refractivity contribution is -0.140. The Bertz CT molecular complexity index is 299. The van der Waals surface area contributed by atoms with E-state index in [-0.39, 0.29) is 11.9 Å². The summed E-state index contributed by atoms with van der Waals surface area (Å²) in [4.78, 5) is 16.5. The molecule has 0 aliphatic carbocycles. The van der Waals surface area contributed by atoms with Crippen LogP contribution in [0.25, 0.3) is 0 Å². The Labute approximate surface area is 122 Å². The molecule has 1 amide bonds. The van der Waals surface area contributed by atoms with Crippen LogP contribution in [0.15, 0.2) is 0 Å². The van der Waals surface area contributed by atoms with Gasteiger partial charge in [0.1, 0.15) is 0 Å². The third-order valence-corrected chi connectivity index (χ3v) is 4.58. The number of nitrogens with zero attached hydrogens (tertiary/aromatic N) is 2. The SMILES string of the molecule is CC(C(=O)N1CCOCC1)N(C)CCC1CCCCN1. The van der Waals surface area contributed by atoms with Crippen molar-refractivity contribution in [3.8, 4) is 0 Å². The summed E-state index contributed by atoms with van der Waals surface area (Å²) >= 11 is 0. The van der Waals surface area contributed by atoms with Gasteiger partial charge in [-0.15, -0.1) is 0 Å². The first-order chi connectivity index (χ1) is 9.68. The van der Waals surface area contributed by atoms with Gasteiger partial charge < -0.3 is 15.0 Å². The number of ether oxygens (including phenoxy) is 1. The Hall–Kier alpha value is -0.650. The predicted molar refractivity (Wildman–Crippen MR) is 79.7 cm³/mol.